The van der Waals surface area contributed by atoms with Crippen molar-refractivity contribution in [1.82, 2.24) is 9.97 Å². The lowest BCUT2D eigenvalue weighted by Gasteiger charge is -2.28. The first-order valence-corrected chi connectivity index (χ1v) is 12.4. The molecule has 0 amide bonds. The Bertz CT molecular complexity index is 995. The zero-order valence-electron chi connectivity index (χ0n) is 17.7. The van der Waals surface area contributed by atoms with Crippen LogP contribution in [-0.4, -0.2) is 80.5 Å². The van der Waals surface area contributed by atoms with Crippen LogP contribution in [0.1, 0.15) is 25.7 Å². The number of nitrogens with one attached hydrogen (secondary N) is 1. The molecule has 0 radical (unpaired) electrons. The van der Waals surface area contributed by atoms with E-state index in [-0.39, 0.29) is 30.5 Å². The summed E-state index contributed by atoms with van der Waals surface area (Å²) in [6.07, 6.45) is -3.61. The van der Waals surface area contributed by atoms with Crippen molar-refractivity contribution >= 4 is 39.9 Å². The minimum absolute atomic E-state index is 0.0379. The number of hydrogen-bond acceptors (Lipinski definition) is 13. The second kappa shape index (κ2) is 11.4. The molecule has 0 aliphatic carbocycles. The van der Waals surface area contributed by atoms with Crippen LogP contribution in [0.3, 0.4) is 0 Å². The minimum Gasteiger partial charge on any atom is -0.481 e. The van der Waals surface area contributed by atoms with E-state index in [9.17, 15) is 28.9 Å². The number of aromatic nitrogens is 2. The molecule has 0 spiro atoms. The van der Waals surface area contributed by atoms with Crippen molar-refractivity contribution in [2.24, 2.45) is 0 Å². The third-order valence-corrected chi connectivity index (χ3v) is 6.70. The van der Waals surface area contributed by atoms with Crippen LogP contribution in [-0.2, 0) is 27.5 Å². The van der Waals surface area contributed by atoms with Crippen molar-refractivity contribution in [3.05, 3.63) is 10.4 Å². The third kappa shape index (κ3) is 6.23. The molecule has 2 unspecified atom stereocenters. The summed E-state index contributed by atoms with van der Waals surface area (Å²) >= 11 is 0. The summed E-state index contributed by atoms with van der Waals surface area (Å²) in [6, 6.07) is 0. The highest BCUT2D eigenvalue weighted by Gasteiger charge is 2.50. The number of aliphatic carboxylic acids is 1. The highest BCUT2D eigenvalue weighted by molar-refractivity contribution is 7.47. The average Bonchev–Trinajstić information content (AvgIpc) is 3.23. The molecule has 1 aromatic heterocycles. The minimum atomic E-state index is -3.16. The molecule has 6 atom stereocenters. The molecule has 2 aliphatic rings. The summed E-state index contributed by atoms with van der Waals surface area (Å²) in [6.45, 7) is -0.0862. The monoisotopic (exact) mass is 525 g/mol. The van der Waals surface area contributed by atoms with E-state index in [1.54, 1.807) is 4.90 Å². The molecule has 2 aliphatic heterocycles. The van der Waals surface area contributed by atoms with Crippen LogP contribution in [0.4, 0.5) is 17.5 Å². The van der Waals surface area contributed by atoms with Crippen LogP contribution in [0.25, 0.3) is 0 Å². The summed E-state index contributed by atoms with van der Waals surface area (Å²) in [5.41, 5.74) is 5.35. The Morgan fingerprint density at radius 1 is 1.26 bits per heavy atom. The second-order valence-electron chi connectivity index (χ2n) is 7.59. The number of fused-ring (bicyclic) bond motifs is 1. The van der Waals surface area contributed by atoms with Gasteiger partial charge in [-0.2, -0.15) is 4.98 Å². The van der Waals surface area contributed by atoms with Gasteiger partial charge in [0.1, 0.15) is 30.6 Å². The number of aliphatic hydroxyl groups is 2. The Morgan fingerprint density at radius 3 is 2.68 bits per heavy atom. The van der Waals surface area contributed by atoms with E-state index in [1.165, 1.54) is 4.90 Å². The third-order valence-electron chi connectivity index (χ3n) is 5.25. The average molecular weight is 525 g/mol. The maximum absolute atomic E-state index is 12.6. The highest BCUT2D eigenvalue weighted by Crippen LogP contribution is 2.39. The van der Waals surface area contributed by atoms with Crippen molar-refractivity contribution in [2.75, 3.05) is 35.4 Å². The molecule has 34 heavy (non-hydrogen) atoms. The van der Waals surface area contributed by atoms with Crippen molar-refractivity contribution in [3.63, 3.8) is 0 Å². The molecule has 0 bridgehead atoms. The van der Waals surface area contributed by atoms with Crippen molar-refractivity contribution in [2.45, 2.75) is 50.2 Å². The number of carbonyl (C=O) groups is 1. The molecular weight excluding hydrogens is 500 g/mol. The number of hydrogen-bond donors (Lipinski definition) is 6. The van der Waals surface area contributed by atoms with Gasteiger partial charge in [-0.05, 0) is 12.8 Å². The maximum atomic E-state index is 12.6. The predicted molar refractivity (Wildman–Crippen MR) is 115 cm³/mol. The topological polar surface area (TPSA) is 238 Å². The Balaban J connectivity index is 1.71. The Labute approximate surface area is 194 Å². The van der Waals surface area contributed by atoms with Gasteiger partial charge in [0.2, 0.25) is 5.95 Å². The number of ether oxygens (including phenoxy) is 1. The number of nitrogens with two attached hydrogens (primary N) is 1. The number of carboxylic acid groups (broad SMARTS) is 1. The van der Waals surface area contributed by atoms with Gasteiger partial charge in [0, 0.05) is 22.1 Å². The van der Waals surface area contributed by atoms with Crippen LogP contribution >= 0.6 is 16.5 Å². The SMILES string of the molecule is Nc1nc2c(c(=O)[nH]1)N(CCCCCC(=O)O)CN2[C@@H]1O[C@H](CO[P+](=O)O[P+](=O)O)[C@@H](O)[C@H]1O. The Kier molecular flexibility index (Phi) is 8.84. The number of nitrogen functional groups attached to an aromatic ring is 1. The normalized spacial score (nSPS) is 24.9. The maximum Gasteiger partial charge on any atom is 0.747 e. The lowest BCUT2D eigenvalue weighted by atomic mass is 10.1. The summed E-state index contributed by atoms with van der Waals surface area (Å²) in [5.74, 6) is -0.937. The fraction of sp³-hybridized carbons (Fsp3) is 0.688. The summed E-state index contributed by atoms with van der Waals surface area (Å²) < 4.78 is 36.5. The van der Waals surface area contributed by atoms with E-state index >= 15 is 0 Å². The molecule has 16 nitrogen and oxygen atoms in total. The van der Waals surface area contributed by atoms with Gasteiger partial charge in [-0.3, -0.25) is 14.6 Å². The lowest BCUT2D eigenvalue weighted by molar-refractivity contribution is -0.137. The predicted octanol–water partition coefficient (Wildman–Crippen LogP) is -0.632. The molecule has 3 rings (SSSR count). The van der Waals surface area contributed by atoms with Crippen molar-refractivity contribution in [3.8, 4) is 0 Å². The molecule has 1 fully saturated rings. The first kappa shape index (κ1) is 26.3. The van der Waals surface area contributed by atoms with E-state index in [0.717, 1.165) is 0 Å². The second-order valence-corrected chi connectivity index (χ2v) is 9.42. The quantitative estimate of drug-likeness (QED) is 0.147. The zero-order valence-corrected chi connectivity index (χ0v) is 19.5. The van der Waals surface area contributed by atoms with E-state index < -0.39 is 59.2 Å². The van der Waals surface area contributed by atoms with Gasteiger partial charge >= 0.3 is 22.5 Å². The van der Waals surface area contributed by atoms with Crippen LogP contribution < -0.4 is 21.1 Å². The highest BCUT2D eigenvalue weighted by atomic mass is 31.2. The van der Waals surface area contributed by atoms with Crippen LogP contribution in [0, 0.1) is 0 Å². The molecule has 18 heteroatoms. The van der Waals surface area contributed by atoms with Gasteiger partial charge in [-0.1, -0.05) is 6.42 Å². The van der Waals surface area contributed by atoms with Gasteiger partial charge in [-0.25, -0.2) is 0 Å². The number of nitrogens with zero attached hydrogens (tertiary/aromatic N) is 3. The molecule has 3 heterocycles. The van der Waals surface area contributed by atoms with Gasteiger partial charge < -0.3 is 35.6 Å². The van der Waals surface area contributed by atoms with Crippen LogP contribution in [0.2, 0.25) is 0 Å². The molecular formula is C16H25N5O11P2+2. The van der Waals surface area contributed by atoms with E-state index in [4.69, 9.17) is 25.0 Å². The van der Waals surface area contributed by atoms with Gasteiger partial charge in [0.05, 0.1) is 6.67 Å². The largest absolute Gasteiger partial charge is 0.747 e. The zero-order chi connectivity index (χ0) is 25.0. The summed E-state index contributed by atoms with van der Waals surface area (Å²) in [4.78, 5) is 41.5. The number of aliphatic hydroxyl groups excluding tert-OH is 2. The Hall–Kier alpha value is -2.29. The smallest absolute Gasteiger partial charge is 0.481 e. The van der Waals surface area contributed by atoms with Crippen molar-refractivity contribution in [1.29, 1.82) is 0 Å². The Morgan fingerprint density at radius 2 is 2.00 bits per heavy atom. The number of aromatic amines is 1. The van der Waals surface area contributed by atoms with E-state index in [1.807, 2.05) is 0 Å². The molecule has 188 valence electrons. The van der Waals surface area contributed by atoms with Crippen LogP contribution in [0.5, 0.6) is 0 Å². The van der Waals surface area contributed by atoms with E-state index in [2.05, 4.69) is 14.3 Å². The molecule has 0 saturated carbocycles. The fourth-order valence-electron chi connectivity index (χ4n) is 3.76. The summed E-state index contributed by atoms with van der Waals surface area (Å²) in [7, 11) is -6.11. The first-order valence-electron chi connectivity index (χ1n) is 10.2. The number of H-pyrrole nitrogens is 1. The number of rotatable bonds is 12. The van der Waals surface area contributed by atoms with E-state index in [0.29, 0.717) is 25.8 Å². The standard InChI is InChI=1S/C16H23N5O11P2/c17-16-18-13-10(14(26)19-16)20(5-3-1-2-4-9(22)23)7-21(13)15-12(25)11(24)8(31-15)6-30-34(29)32-33(27)28/h8,11-12,15,24-25H,1-7H2,(H3-2,17,18,19,22,23,26,27,28)/p+2/t8-,11-,12-,15-/m1/s1. The van der Waals surface area contributed by atoms with Gasteiger partial charge in [0.15, 0.2) is 16.4 Å². The van der Waals surface area contributed by atoms with Gasteiger partial charge in [0.25, 0.3) is 5.56 Å². The lowest BCUT2D eigenvalue weighted by Crippen LogP contribution is -2.46. The number of unbranched alkanes of at least 4 members (excludes halogenated alkanes) is 2. The molecule has 7 N–H and O–H groups in total. The molecule has 1 aromatic rings. The molecule has 1 saturated heterocycles. The number of carboxylic acids is 1. The fourth-order valence-corrected chi connectivity index (χ4v) is 4.67. The first-order chi connectivity index (χ1) is 16.1. The van der Waals surface area contributed by atoms with Crippen molar-refractivity contribution < 1.29 is 47.7 Å². The number of anilines is 3. The van der Waals surface area contributed by atoms with Gasteiger partial charge in [-0.15, -0.1) is 9.42 Å². The molecule has 0 aromatic carbocycles. The summed E-state index contributed by atoms with van der Waals surface area (Å²) in [5, 5.41) is 29.7. The van der Waals surface area contributed by atoms with Crippen LogP contribution in [0.15, 0.2) is 4.79 Å².